The Morgan fingerprint density at radius 2 is 1.13 bits per heavy atom. The van der Waals surface area contributed by atoms with Gasteiger partial charge in [-0.15, -0.1) is 11.3 Å². The summed E-state index contributed by atoms with van der Waals surface area (Å²) in [7, 11) is 0. The molecule has 2 heterocycles. The van der Waals surface area contributed by atoms with E-state index in [-0.39, 0.29) is 29.7 Å². The predicted octanol–water partition coefficient (Wildman–Crippen LogP) is 11.2. The first-order chi connectivity index (χ1) is 24.4. The summed E-state index contributed by atoms with van der Waals surface area (Å²) in [6.45, 7) is 0. The van der Waals surface area contributed by atoms with Gasteiger partial charge in [0.2, 0.25) is 0 Å². The minimum Gasteiger partial charge on any atom is -0.208 e. The van der Waals surface area contributed by atoms with Crippen LogP contribution in [0, 0.1) is 0 Å². The maximum absolute atomic E-state index is 8.67. The molecule has 4 heteroatoms. The fourth-order valence-electron chi connectivity index (χ4n) is 6.10. The minimum atomic E-state index is -0.408. The molecule has 45 heavy (non-hydrogen) atoms. The Bertz CT molecular complexity index is 2810. The van der Waals surface area contributed by atoms with Gasteiger partial charge in [0.1, 0.15) is 0 Å². The number of hydrogen-bond donors (Lipinski definition) is 0. The maximum Gasteiger partial charge on any atom is 0.164 e. The molecule has 0 saturated carbocycles. The van der Waals surface area contributed by atoms with Crippen molar-refractivity contribution in [1.29, 1.82) is 0 Å². The van der Waals surface area contributed by atoms with E-state index < -0.39 is 6.04 Å². The summed E-state index contributed by atoms with van der Waals surface area (Å²) >= 11 is 1.52. The van der Waals surface area contributed by atoms with E-state index in [9.17, 15) is 0 Å². The van der Waals surface area contributed by atoms with Crippen molar-refractivity contribution in [3.05, 3.63) is 152 Å². The van der Waals surface area contributed by atoms with Crippen LogP contribution in [0.3, 0.4) is 0 Å². The average molecular weight is 597 g/mol. The fraction of sp³-hybridized carbons (Fsp3) is 0. The van der Waals surface area contributed by atoms with Crippen LogP contribution in [0.1, 0.15) is 6.85 Å². The third-order valence-electron chi connectivity index (χ3n) is 8.21. The lowest BCUT2D eigenvalue weighted by molar-refractivity contribution is 1.08. The zero-order chi connectivity index (χ0) is 34.1. The Morgan fingerprint density at radius 1 is 0.467 bits per heavy atom. The quantitative estimate of drug-likeness (QED) is 0.190. The summed E-state index contributed by atoms with van der Waals surface area (Å²) < 4.78 is 43.8. The van der Waals surface area contributed by atoms with Gasteiger partial charge in [-0.2, -0.15) is 0 Å². The Morgan fingerprint density at radius 3 is 2.00 bits per heavy atom. The molecular formula is C41H25N3S. The molecule has 9 rings (SSSR count). The maximum atomic E-state index is 8.67. The van der Waals surface area contributed by atoms with Crippen molar-refractivity contribution in [2.24, 2.45) is 0 Å². The first-order valence-corrected chi connectivity index (χ1v) is 15.4. The summed E-state index contributed by atoms with van der Waals surface area (Å²) in [4.78, 5) is 15.2. The van der Waals surface area contributed by atoms with E-state index >= 15 is 0 Å². The average Bonchev–Trinajstić information content (AvgIpc) is 3.56. The van der Waals surface area contributed by atoms with Crippen LogP contribution < -0.4 is 0 Å². The van der Waals surface area contributed by atoms with Crippen molar-refractivity contribution in [2.75, 3.05) is 0 Å². The molecule has 0 aliphatic carbocycles. The number of thiophene rings is 1. The molecule has 2 aromatic heterocycles. The van der Waals surface area contributed by atoms with Gasteiger partial charge in [-0.25, -0.2) is 15.0 Å². The largest absolute Gasteiger partial charge is 0.208 e. The van der Waals surface area contributed by atoms with Crippen molar-refractivity contribution in [3.63, 3.8) is 0 Å². The van der Waals surface area contributed by atoms with Crippen LogP contribution >= 0.6 is 11.3 Å². The Kier molecular flexibility index (Phi) is 4.90. The highest BCUT2D eigenvalue weighted by molar-refractivity contribution is 7.26. The Hall–Kier alpha value is -5.71. The predicted molar refractivity (Wildman–Crippen MR) is 189 cm³/mol. The van der Waals surface area contributed by atoms with E-state index in [1.54, 1.807) is 0 Å². The van der Waals surface area contributed by atoms with Crippen molar-refractivity contribution in [1.82, 2.24) is 15.0 Å². The first kappa shape index (κ1) is 21.1. The summed E-state index contributed by atoms with van der Waals surface area (Å²) in [5.74, 6) is 1.63. The molecule has 0 unspecified atom stereocenters. The van der Waals surface area contributed by atoms with E-state index in [0.717, 1.165) is 58.4 Å². The van der Waals surface area contributed by atoms with E-state index in [2.05, 4.69) is 48.5 Å². The number of aromatic nitrogens is 3. The molecule has 0 radical (unpaired) electrons. The van der Waals surface area contributed by atoms with E-state index in [1.165, 1.54) is 11.3 Å². The molecule has 0 aliphatic heterocycles. The minimum absolute atomic E-state index is 0.187. The highest BCUT2D eigenvalue weighted by Crippen LogP contribution is 2.43. The van der Waals surface area contributed by atoms with E-state index in [0.29, 0.717) is 23.0 Å². The second-order valence-electron chi connectivity index (χ2n) is 10.9. The van der Waals surface area contributed by atoms with Gasteiger partial charge < -0.3 is 0 Å². The van der Waals surface area contributed by atoms with Gasteiger partial charge in [0.05, 0.1) is 6.85 Å². The molecule has 0 amide bonds. The third kappa shape index (κ3) is 4.38. The van der Waals surface area contributed by atoms with Gasteiger partial charge >= 0.3 is 0 Å². The molecule has 0 fully saturated rings. The smallest absolute Gasteiger partial charge is 0.164 e. The summed E-state index contributed by atoms with van der Waals surface area (Å²) in [6, 6.07) is 39.0. The third-order valence-corrected chi connectivity index (χ3v) is 9.41. The molecule has 0 bridgehead atoms. The second kappa shape index (κ2) is 10.5. The van der Waals surface area contributed by atoms with Crippen LogP contribution in [0.5, 0.6) is 0 Å². The molecule has 9 aromatic rings. The monoisotopic (exact) mass is 596 g/mol. The van der Waals surface area contributed by atoms with E-state index in [4.69, 9.17) is 21.8 Å². The van der Waals surface area contributed by atoms with Gasteiger partial charge in [0.25, 0.3) is 0 Å². The highest BCUT2D eigenvalue weighted by Gasteiger charge is 2.18. The van der Waals surface area contributed by atoms with Gasteiger partial charge in [-0.1, -0.05) is 139 Å². The first-order valence-electron chi connectivity index (χ1n) is 17.1. The molecule has 0 N–H and O–H groups in total. The van der Waals surface area contributed by atoms with E-state index in [1.807, 2.05) is 72.8 Å². The highest BCUT2D eigenvalue weighted by atomic mass is 32.1. The van der Waals surface area contributed by atoms with Crippen LogP contribution in [0.4, 0.5) is 0 Å². The van der Waals surface area contributed by atoms with Gasteiger partial charge in [-0.05, 0) is 44.8 Å². The van der Waals surface area contributed by atoms with Crippen LogP contribution in [0.2, 0.25) is 0 Å². The van der Waals surface area contributed by atoms with Crippen molar-refractivity contribution < 1.29 is 6.85 Å². The summed E-state index contributed by atoms with van der Waals surface area (Å²) in [5.41, 5.74) is 3.35. The molecule has 7 aromatic carbocycles. The lowest BCUT2D eigenvalue weighted by Crippen LogP contribution is -2.00. The van der Waals surface area contributed by atoms with Crippen LogP contribution in [-0.2, 0) is 0 Å². The molecule has 0 atom stereocenters. The molecule has 0 spiro atoms. The topological polar surface area (TPSA) is 38.7 Å². The SMILES string of the molecule is [2H]c1c([2H])c([2H])c(-c2cccc3c2sc2cccc(-c4nc(-c5ccccc5)nc(-c5ccc6ccc7ccccc7c6c5)n4)c23)c([2H])c1[2H]. The van der Waals surface area contributed by atoms with Crippen LogP contribution in [-0.4, -0.2) is 15.0 Å². The summed E-state index contributed by atoms with van der Waals surface area (Å²) in [5, 5.41) is 6.41. The van der Waals surface area contributed by atoms with Crippen molar-refractivity contribution >= 4 is 53.1 Å². The molecule has 0 aliphatic rings. The number of benzene rings is 7. The molecule has 0 saturated heterocycles. The second-order valence-corrected chi connectivity index (χ2v) is 11.9. The zero-order valence-electron chi connectivity index (χ0n) is 28.8. The number of nitrogens with zero attached hydrogens (tertiary/aromatic N) is 3. The van der Waals surface area contributed by atoms with Crippen LogP contribution in [0.25, 0.3) is 87.0 Å². The lowest BCUT2D eigenvalue weighted by atomic mass is 9.99. The van der Waals surface area contributed by atoms with Gasteiger partial charge in [-0.3, -0.25) is 0 Å². The Labute approximate surface area is 271 Å². The van der Waals surface area contributed by atoms with Crippen LogP contribution in [0.15, 0.2) is 152 Å². The molecule has 210 valence electrons. The van der Waals surface area contributed by atoms with Crippen molar-refractivity contribution in [2.45, 2.75) is 0 Å². The fourth-order valence-corrected chi connectivity index (χ4v) is 7.35. The number of fused-ring (bicyclic) bond motifs is 6. The van der Waals surface area contributed by atoms with Gasteiger partial charge in [0, 0.05) is 36.9 Å². The molecule has 3 nitrogen and oxygen atoms in total. The number of hydrogen-bond acceptors (Lipinski definition) is 4. The zero-order valence-corrected chi connectivity index (χ0v) is 24.6. The number of rotatable bonds is 4. The molecular weight excluding hydrogens is 567 g/mol. The van der Waals surface area contributed by atoms with Crippen molar-refractivity contribution in [3.8, 4) is 45.3 Å². The lowest BCUT2D eigenvalue weighted by Gasteiger charge is -2.11. The standard InChI is InChI=1S/C41H25N3S/c1-3-11-26(12-4-1)32-17-9-18-33-37-34(19-10-20-36(37)45-38(32)33)41-43-39(29-14-5-2-6-15-29)42-40(44-41)30-24-23-28-22-21-27-13-7-8-16-31(27)35(28)25-30/h1-25H/i1D,3D,4D,11D,12D. The summed E-state index contributed by atoms with van der Waals surface area (Å²) in [6.07, 6.45) is 0. The normalized spacial score (nSPS) is 13.1. The van der Waals surface area contributed by atoms with Gasteiger partial charge in [0.15, 0.2) is 17.5 Å². The Balaban J connectivity index is 1.30.